The van der Waals surface area contributed by atoms with Crippen molar-refractivity contribution in [3.63, 3.8) is 0 Å². The molecule has 22 heavy (non-hydrogen) atoms. The lowest BCUT2D eigenvalue weighted by molar-refractivity contribution is -0.0176. The van der Waals surface area contributed by atoms with Crippen molar-refractivity contribution in [2.24, 2.45) is 0 Å². The standard InChI is InChI=1S/C12H24BO6PS2/c1-12(2,21-5)22-7-17-10-9(19-20(4,14)15)8(6-16-3)18-11(10)13/h8-11H,6-7H2,1-5H3,(H,14,15)/t8-,9?,10?,11-/m1/s1. The average molecular weight is 370 g/mol. The van der Waals surface area contributed by atoms with Crippen molar-refractivity contribution < 1.29 is 28.2 Å². The summed E-state index contributed by atoms with van der Waals surface area (Å²) >= 11 is 3.33. The van der Waals surface area contributed by atoms with Gasteiger partial charge in [-0.25, -0.2) is 0 Å². The van der Waals surface area contributed by atoms with Gasteiger partial charge < -0.3 is 19.1 Å². The molecule has 6 nitrogen and oxygen atoms in total. The summed E-state index contributed by atoms with van der Waals surface area (Å²) in [6.07, 6.45) is 0.125. The lowest BCUT2D eigenvalue weighted by Crippen LogP contribution is -2.38. The molecule has 0 aromatic carbocycles. The van der Waals surface area contributed by atoms with Gasteiger partial charge in [-0.15, -0.1) is 23.5 Å². The summed E-state index contributed by atoms with van der Waals surface area (Å²) in [4.78, 5) is 9.49. The lowest BCUT2D eigenvalue weighted by atomic mass is 9.93. The summed E-state index contributed by atoms with van der Waals surface area (Å²) in [6.45, 7) is 5.52. The molecule has 0 aliphatic carbocycles. The van der Waals surface area contributed by atoms with Crippen LogP contribution in [0.15, 0.2) is 0 Å². The van der Waals surface area contributed by atoms with Crippen molar-refractivity contribution in [3.8, 4) is 0 Å². The van der Waals surface area contributed by atoms with Gasteiger partial charge in [-0.1, -0.05) is 0 Å². The van der Waals surface area contributed by atoms with Crippen LogP contribution in [0.1, 0.15) is 13.8 Å². The molecule has 1 rings (SSSR count). The number of hydrogen-bond donors (Lipinski definition) is 1. The predicted octanol–water partition coefficient (Wildman–Crippen LogP) is 1.90. The van der Waals surface area contributed by atoms with Gasteiger partial charge in [-0.2, -0.15) is 0 Å². The fourth-order valence-electron chi connectivity index (χ4n) is 1.91. The third kappa shape index (κ3) is 6.73. The van der Waals surface area contributed by atoms with Crippen LogP contribution in [0.5, 0.6) is 0 Å². The van der Waals surface area contributed by atoms with Gasteiger partial charge in [0.05, 0.1) is 16.6 Å². The zero-order valence-corrected chi connectivity index (χ0v) is 16.1. The molecular weight excluding hydrogens is 346 g/mol. The summed E-state index contributed by atoms with van der Waals surface area (Å²) in [5, 5.41) is 0. The molecule has 0 bridgehead atoms. The summed E-state index contributed by atoms with van der Waals surface area (Å²) in [7, 11) is 3.75. The lowest BCUT2D eigenvalue weighted by Gasteiger charge is -2.27. The van der Waals surface area contributed by atoms with E-state index >= 15 is 0 Å². The van der Waals surface area contributed by atoms with Crippen LogP contribution in [0.4, 0.5) is 0 Å². The van der Waals surface area contributed by atoms with Crippen LogP contribution in [0.3, 0.4) is 0 Å². The first-order chi connectivity index (χ1) is 10.1. The first-order valence-corrected chi connectivity index (χ1v) is 11.0. The van der Waals surface area contributed by atoms with Crippen LogP contribution in [-0.4, -0.2) is 73.7 Å². The number of methoxy groups -OCH3 is 1. The van der Waals surface area contributed by atoms with Gasteiger partial charge in [-0.05, 0) is 20.1 Å². The number of thioether (sulfide) groups is 2. The van der Waals surface area contributed by atoms with E-state index in [4.69, 9.17) is 26.6 Å². The van der Waals surface area contributed by atoms with Crippen LogP contribution >= 0.6 is 31.1 Å². The zero-order chi connectivity index (χ0) is 17.0. The van der Waals surface area contributed by atoms with E-state index in [1.807, 2.05) is 6.26 Å². The highest BCUT2D eigenvalue weighted by molar-refractivity contribution is 8.17. The van der Waals surface area contributed by atoms with Gasteiger partial charge >= 0.3 is 7.60 Å². The molecule has 0 aromatic rings. The van der Waals surface area contributed by atoms with Crippen molar-refractivity contribution in [2.45, 2.75) is 42.2 Å². The molecule has 1 aliphatic heterocycles. The zero-order valence-electron chi connectivity index (χ0n) is 13.6. The Bertz CT molecular complexity index is 394. The number of ether oxygens (including phenoxy) is 3. The summed E-state index contributed by atoms with van der Waals surface area (Å²) in [5.41, 5.74) is 0. The topological polar surface area (TPSA) is 74.2 Å². The summed E-state index contributed by atoms with van der Waals surface area (Å²) < 4.78 is 33.2. The maximum absolute atomic E-state index is 11.6. The number of rotatable bonds is 9. The molecule has 0 spiro atoms. The van der Waals surface area contributed by atoms with Gasteiger partial charge in [0, 0.05) is 19.8 Å². The Morgan fingerprint density at radius 1 is 1.41 bits per heavy atom. The highest BCUT2D eigenvalue weighted by Gasteiger charge is 2.46. The second-order valence-corrected chi connectivity index (χ2v) is 10.5. The Morgan fingerprint density at radius 3 is 2.55 bits per heavy atom. The minimum atomic E-state index is -3.69. The van der Waals surface area contributed by atoms with Crippen molar-refractivity contribution in [1.82, 2.24) is 0 Å². The predicted molar refractivity (Wildman–Crippen MR) is 91.8 cm³/mol. The van der Waals surface area contributed by atoms with E-state index in [2.05, 4.69) is 13.8 Å². The number of hydrogen-bond acceptors (Lipinski definition) is 7. The molecule has 2 radical (unpaired) electrons. The molecule has 3 unspecified atom stereocenters. The van der Waals surface area contributed by atoms with Crippen molar-refractivity contribution >= 4 is 39.0 Å². The Kier molecular flexibility index (Phi) is 8.30. The van der Waals surface area contributed by atoms with Gasteiger partial charge in [0.1, 0.15) is 26.2 Å². The summed E-state index contributed by atoms with van der Waals surface area (Å²) in [6, 6.07) is -0.727. The monoisotopic (exact) mass is 370 g/mol. The normalized spacial score (nSPS) is 32.1. The Morgan fingerprint density at radius 2 is 2.05 bits per heavy atom. The van der Waals surface area contributed by atoms with Crippen LogP contribution in [0.2, 0.25) is 0 Å². The van der Waals surface area contributed by atoms with Crippen LogP contribution in [0.25, 0.3) is 0 Å². The minimum absolute atomic E-state index is 0.00285. The smallest absolute Gasteiger partial charge is 0.325 e. The van der Waals surface area contributed by atoms with E-state index in [9.17, 15) is 9.46 Å². The van der Waals surface area contributed by atoms with E-state index in [0.29, 0.717) is 5.94 Å². The third-order valence-corrected chi connectivity index (χ3v) is 6.57. The van der Waals surface area contributed by atoms with Crippen LogP contribution < -0.4 is 0 Å². The van der Waals surface area contributed by atoms with Gasteiger partial charge in [0.25, 0.3) is 0 Å². The Balaban J connectivity index is 2.69. The molecule has 1 saturated heterocycles. The first-order valence-electron chi connectivity index (χ1n) is 6.79. The Labute approximate surface area is 142 Å². The molecule has 10 heteroatoms. The molecule has 1 aliphatic rings. The van der Waals surface area contributed by atoms with E-state index in [0.717, 1.165) is 6.66 Å². The first kappa shape index (κ1) is 20.8. The van der Waals surface area contributed by atoms with Gasteiger partial charge in [0.2, 0.25) is 0 Å². The van der Waals surface area contributed by atoms with Gasteiger partial charge in [-0.3, -0.25) is 9.09 Å². The molecule has 0 amide bonds. The quantitative estimate of drug-likeness (QED) is 0.375. The SMILES string of the molecule is [B][C@@H]1O[C@H](COC)C(OP(C)(=O)O)C1OCSC(C)(C)SC. The maximum atomic E-state index is 11.6. The second-order valence-electron chi connectivity index (χ2n) is 5.46. The largest absolute Gasteiger partial charge is 0.382 e. The minimum Gasteiger partial charge on any atom is -0.382 e. The molecular formula is C12H24BO6PS2. The molecule has 1 fully saturated rings. The molecule has 1 heterocycles. The van der Waals surface area contributed by atoms with Crippen molar-refractivity contribution in [1.29, 1.82) is 0 Å². The van der Waals surface area contributed by atoms with E-state index in [-0.39, 0.29) is 10.7 Å². The van der Waals surface area contributed by atoms with E-state index in [1.165, 1.54) is 7.11 Å². The van der Waals surface area contributed by atoms with E-state index in [1.54, 1.807) is 23.5 Å². The van der Waals surface area contributed by atoms with Gasteiger partial charge in [0.15, 0.2) is 0 Å². The Hall–Kier alpha value is 0.795. The fourth-order valence-corrected chi connectivity index (χ4v) is 3.74. The third-order valence-electron chi connectivity index (χ3n) is 3.15. The molecule has 0 saturated carbocycles. The second kappa shape index (κ2) is 8.76. The van der Waals surface area contributed by atoms with Crippen LogP contribution in [0, 0.1) is 0 Å². The highest BCUT2D eigenvalue weighted by atomic mass is 32.2. The van der Waals surface area contributed by atoms with Crippen LogP contribution in [-0.2, 0) is 23.3 Å². The fraction of sp³-hybridized carbons (Fsp3) is 1.00. The van der Waals surface area contributed by atoms with E-state index < -0.39 is 31.9 Å². The molecule has 1 N–H and O–H groups in total. The highest BCUT2D eigenvalue weighted by Crippen LogP contribution is 2.43. The maximum Gasteiger partial charge on any atom is 0.325 e. The summed E-state index contributed by atoms with van der Waals surface area (Å²) in [5.74, 6) is 0.384. The van der Waals surface area contributed by atoms with Crippen molar-refractivity contribution in [2.75, 3.05) is 32.6 Å². The molecule has 0 aromatic heterocycles. The molecule has 5 atom stereocenters. The van der Waals surface area contributed by atoms with Crippen molar-refractivity contribution in [3.05, 3.63) is 0 Å². The average Bonchev–Trinajstić information content (AvgIpc) is 2.65. The molecule has 128 valence electrons.